The number of alkyl halides is 3. The van der Waals surface area contributed by atoms with Crippen LogP contribution in [0.1, 0.15) is 12.0 Å². The van der Waals surface area contributed by atoms with Crippen molar-refractivity contribution in [1.82, 2.24) is 9.27 Å². The second-order valence-corrected chi connectivity index (χ2v) is 8.35. The monoisotopic (exact) mass is 480 g/mol. The third-order valence-electron chi connectivity index (χ3n) is 5.08. The van der Waals surface area contributed by atoms with Gasteiger partial charge in [-0.1, -0.05) is 42.5 Å². The maximum Gasteiger partial charge on any atom is 0.490 e. The largest absolute Gasteiger partial charge is 0.490 e. The van der Waals surface area contributed by atoms with Crippen LogP contribution < -0.4 is 11.1 Å². The third kappa shape index (κ3) is 6.65. The summed E-state index contributed by atoms with van der Waals surface area (Å²) in [6.45, 7) is 1.41. The first-order chi connectivity index (χ1) is 15.6. The molecule has 176 valence electrons. The summed E-state index contributed by atoms with van der Waals surface area (Å²) in [5, 5.41) is 11.8. The number of fused-ring (bicyclic) bond motifs is 1. The number of rotatable bonds is 5. The third-order valence-corrected chi connectivity index (χ3v) is 5.90. The first kappa shape index (κ1) is 24.5. The van der Waals surface area contributed by atoms with Crippen LogP contribution in [-0.4, -0.2) is 57.6 Å². The molecule has 7 nitrogen and oxygen atoms in total. The second-order valence-electron chi connectivity index (χ2n) is 7.54. The van der Waals surface area contributed by atoms with E-state index in [-0.39, 0.29) is 11.9 Å². The number of carbonyl (C=O) groups excluding carboxylic acids is 1. The Kier molecular flexibility index (Phi) is 7.88. The average molecular weight is 481 g/mol. The van der Waals surface area contributed by atoms with Crippen LogP contribution in [0.15, 0.2) is 54.6 Å². The molecule has 0 bridgehead atoms. The maximum atomic E-state index is 12.7. The number of carbonyl (C=O) groups is 2. The lowest BCUT2D eigenvalue weighted by molar-refractivity contribution is -0.192. The molecular formula is C22H23F3N4O3S. The van der Waals surface area contributed by atoms with Crippen LogP contribution in [0.5, 0.6) is 0 Å². The lowest BCUT2D eigenvalue weighted by Crippen LogP contribution is -2.44. The summed E-state index contributed by atoms with van der Waals surface area (Å²) in [5.74, 6) is -1.81. The summed E-state index contributed by atoms with van der Waals surface area (Å²) in [7, 11) is 0. The molecule has 2 atom stereocenters. The lowest BCUT2D eigenvalue weighted by atomic mass is 10.1. The summed E-state index contributed by atoms with van der Waals surface area (Å²) >= 11 is 1.50. The van der Waals surface area contributed by atoms with E-state index in [2.05, 4.69) is 21.8 Å². The SMILES string of the molecule is NC(Cc1ccccc1)C(=O)N1CCC(Nc2nsc3ccccc23)C1.O=C(O)C(F)(F)F. The average Bonchev–Trinajstić information content (AvgIpc) is 3.41. The molecule has 3 aromatic rings. The molecule has 1 fully saturated rings. The fourth-order valence-corrected chi connectivity index (χ4v) is 4.19. The molecule has 4 rings (SSSR count). The van der Waals surface area contributed by atoms with Gasteiger partial charge in [0.15, 0.2) is 0 Å². The second kappa shape index (κ2) is 10.6. The quantitative estimate of drug-likeness (QED) is 0.516. The van der Waals surface area contributed by atoms with Gasteiger partial charge in [0.2, 0.25) is 5.91 Å². The molecule has 0 spiro atoms. The first-order valence-corrected chi connectivity index (χ1v) is 10.9. The molecule has 0 saturated carbocycles. The highest BCUT2D eigenvalue weighted by Crippen LogP contribution is 2.28. The zero-order chi connectivity index (χ0) is 24.0. The van der Waals surface area contributed by atoms with Crippen LogP contribution in [0.25, 0.3) is 10.1 Å². The van der Waals surface area contributed by atoms with E-state index in [0.29, 0.717) is 13.0 Å². The van der Waals surface area contributed by atoms with Crippen molar-refractivity contribution in [2.75, 3.05) is 18.4 Å². The minimum Gasteiger partial charge on any atom is -0.475 e. The number of nitrogens with zero attached hydrogens (tertiary/aromatic N) is 2. The zero-order valence-electron chi connectivity index (χ0n) is 17.5. The van der Waals surface area contributed by atoms with Crippen molar-refractivity contribution in [1.29, 1.82) is 0 Å². The number of carboxylic acid groups (broad SMARTS) is 1. The Morgan fingerprint density at radius 2 is 1.82 bits per heavy atom. The molecule has 4 N–H and O–H groups in total. The number of aromatic nitrogens is 1. The number of anilines is 1. The van der Waals surface area contributed by atoms with Gasteiger partial charge in [0, 0.05) is 24.5 Å². The molecule has 1 amide bonds. The van der Waals surface area contributed by atoms with E-state index in [4.69, 9.17) is 15.6 Å². The Morgan fingerprint density at radius 1 is 1.18 bits per heavy atom. The van der Waals surface area contributed by atoms with E-state index < -0.39 is 18.2 Å². The molecule has 1 aliphatic rings. The van der Waals surface area contributed by atoms with Gasteiger partial charge in [0.05, 0.1) is 10.7 Å². The van der Waals surface area contributed by atoms with Crippen molar-refractivity contribution < 1.29 is 27.9 Å². The number of amides is 1. The summed E-state index contributed by atoms with van der Waals surface area (Å²) in [5.41, 5.74) is 7.26. The summed E-state index contributed by atoms with van der Waals surface area (Å²) in [4.78, 5) is 23.4. The summed E-state index contributed by atoms with van der Waals surface area (Å²) < 4.78 is 37.4. The van der Waals surface area contributed by atoms with Crippen LogP contribution in [0.4, 0.5) is 19.0 Å². The molecule has 1 saturated heterocycles. The zero-order valence-corrected chi connectivity index (χ0v) is 18.3. The van der Waals surface area contributed by atoms with Crippen LogP contribution in [0, 0.1) is 0 Å². The van der Waals surface area contributed by atoms with E-state index in [9.17, 15) is 18.0 Å². The van der Waals surface area contributed by atoms with Crippen molar-refractivity contribution in [3.05, 3.63) is 60.2 Å². The van der Waals surface area contributed by atoms with Gasteiger partial charge in [-0.3, -0.25) is 4.79 Å². The van der Waals surface area contributed by atoms with Gasteiger partial charge in [0.1, 0.15) is 5.82 Å². The number of carboxylic acids is 1. The van der Waals surface area contributed by atoms with Crippen LogP contribution in [0.2, 0.25) is 0 Å². The highest BCUT2D eigenvalue weighted by Gasteiger charge is 2.38. The van der Waals surface area contributed by atoms with Crippen molar-refractivity contribution in [2.24, 2.45) is 5.73 Å². The smallest absolute Gasteiger partial charge is 0.475 e. The Hall–Kier alpha value is -3.18. The molecule has 33 heavy (non-hydrogen) atoms. The minimum atomic E-state index is -5.08. The molecule has 2 heterocycles. The molecule has 1 aliphatic heterocycles. The van der Waals surface area contributed by atoms with Gasteiger partial charge in [-0.25, -0.2) is 4.79 Å². The summed E-state index contributed by atoms with van der Waals surface area (Å²) in [6.07, 6.45) is -3.60. The topological polar surface area (TPSA) is 109 Å². The molecule has 0 radical (unpaired) electrons. The number of nitrogens with one attached hydrogen (secondary N) is 1. The van der Waals surface area contributed by atoms with Gasteiger partial charge < -0.3 is 21.1 Å². The van der Waals surface area contributed by atoms with Gasteiger partial charge >= 0.3 is 12.1 Å². The van der Waals surface area contributed by atoms with Gasteiger partial charge in [-0.05, 0) is 42.1 Å². The fraction of sp³-hybridized carbons (Fsp3) is 0.318. The normalized spacial score (nSPS) is 16.7. The number of likely N-dealkylation sites (tertiary alicyclic amines) is 1. The van der Waals surface area contributed by atoms with Gasteiger partial charge in [-0.15, -0.1) is 0 Å². The lowest BCUT2D eigenvalue weighted by Gasteiger charge is -2.21. The fourth-order valence-electron chi connectivity index (χ4n) is 3.45. The Labute approximate surface area is 192 Å². The van der Waals surface area contributed by atoms with E-state index in [1.54, 1.807) is 0 Å². The van der Waals surface area contributed by atoms with E-state index in [1.807, 2.05) is 47.4 Å². The number of aliphatic carboxylic acids is 1. The summed E-state index contributed by atoms with van der Waals surface area (Å²) in [6, 6.07) is 17.9. The minimum absolute atomic E-state index is 0.0290. The van der Waals surface area contributed by atoms with Crippen molar-refractivity contribution in [3.63, 3.8) is 0 Å². The number of halogens is 3. The van der Waals surface area contributed by atoms with E-state index in [0.717, 1.165) is 29.7 Å². The first-order valence-electron chi connectivity index (χ1n) is 10.1. The molecule has 1 aromatic heterocycles. The van der Waals surface area contributed by atoms with Crippen molar-refractivity contribution >= 4 is 39.3 Å². The van der Waals surface area contributed by atoms with Crippen molar-refractivity contribution in [2.45, 2.75) is 31.1 Å². The van der Waals surface area contributed by atoms with Crippen molar-refractivity contribution in [3.8, 4) is 0 Å². The van der Waals surface area contributed by atoms with Crippen LogP contribution in [0.3, 0.4) is 0 Å². The predicted molar refractivity (Wildman–Crippen MR) is 120 cm³/mol. The molecule has 11 heteroatoms. The number of hydrogen-bond donors (Lipinski definition) is 3. The Balaban J connectivity index is 0.000000383. The molecule has 0 aliphatic carbocycles. The molecular weight excluding hydrogens is 457 g/mol. The van der Waals surface area contributed by atoms with Crippen LogP contribution >= 0.6 is 11.5 Å². The number of hydrogen-bond acceptors (Lipinski definition) is 6. The maximum absolute atomic E-state index is 12.7. The Bertz CT molecular complexity index is 1090. The van der Waals surface area contributed by atoms with E-state index >= 15 is 0 Å². The highest BCUT2D eigenvalue weighted by atomic mass is 32.1. The number of benzene rings is 2. The highest BCUT2D eigenvalue weighted by molar-refractivity contribution is 7.13. The number of nitrogens with two attached hydrogens (primary N) is 1. The molecule has 2 unspecified atom stereocenters. The van der Waals surface area contributed by atoms with Gasteiger partial charge in [0.25, 0.3) is 0 Å². The van der Waals surface area contributed by atoms with Crippen LogP contribution in [-0.2, 0) is 16.0 Å². The van der Waals surface area contributed by atoms with Gasteiger partial charge in [-0.2, -0.15) is 17.5 Å². The van der Waals surface area contributed by atoms with E-state index in [1.165, 1.54) is 16.2 Å². The Morgan fingerprint density at radius 3 is 2.48 bits per heavy atom. The molecule has 2 aromatic carbocycles. The standard InChI is InChI=1S/C20H22N4OS.C2HF3O2/c21-17(12-14-6-2-1-3-7-14)20(25)24-11-10-15(13-24)22-19-16-8-4-5-9-18(16)26-23-19;3-2(4,5)1(6)7/h1-9,15,17H,10-13,21H2,(H,22,23);(H,6,7). The predicted octanol–water partition coefficient (Wildman–Crippen LogP) is 3.51.